The van der Waals surface area contributed by atoms with E-state index in [-0.39, 0.29) is 0 Å². The van der Waals surface area contributed by atoms with Crippen molar-refractivity contribution >= 4 is 43.1 Å². The van der Waals surface area contributed by atoms with Gasteiger partial charge in [0, 0.05) is 12.4 Å². The van der Waals surface area contributed by atoms with Gasteiger partial charge in [0.05, 0.1) is 0 Å². The minimum atomic E-state index is 0.377. The largest absolute Gasteiger partial charge is 0.246 e. The summed E-state index contributed by atoms with van der Waals surface area (Å²) in [5.41, 5.74) is 4.77. The van der Waals surface area contributed by atoms with Gasteiger partial charge in [-0.3, -0.25) is 0 Å². The van der Waals surface area contributed by atoms with E-state index in [9.17, 15) is 10.5 Å². The number of hydrogen-bond donors (Lipinski definition) is 0. The molecule has 0 radical (unpaired) electrons. The van der Waals surface area contributed by atoms with Gasteiger partial charge in [-0.15, -0.1) is 0 Å². The molecule has 2 aromatic heterocycles. The van der Waals surface area contributed by atoms with E-state index in [1.54, 1.807) is 12.4 Å². The first-order chi connectivity index (χ1) is 18.8. The number of nitrogens with zero attached hydrogens (tertiary/aromatic N) is 4. The van der Waals surface area contributed by atoms with Crippen LogP contribution in [0.5, 0.6) is 0 Å². The lowest BCUT2D eigenvalue weighted by molar-refractivity contribution is 1.27. The Kier molecular flexibility index (Phi) is 4.86. The van der Waals surface area contributed by atoms with Crippen LogP contribution in [0.25, 0.3) is 65.3 Å². The molecule has 7 rings (SSSR count). The number of nitriles is 2. The van der Waals surface area contributed by atoms with Crippen LogP contribution in [0.2, 0.25) is 0 Å². The van der Waals surface area contributed by atoms with Crippen molar-refractivity contribution in [3.63, 3.8) is 0 Å². The van der Waals surface area contributed by atoms with E-state index in [0.29, 0.717) is 11.4 Å². The maximum atomic E-state index is 9.65. The van der Waals surface area contributed by atoms with Crippen LogP contribution in [0, 0.1) is 22.7 Å². The Morgan fingerprint density at radius 2 is 0.816 bits per heavy atom. The molecule has 0 aliphatic carbocycles. The number of aromatic nitrogens is 2. The highest BCUT2D eigenvalue weighted by molar-refractivity contribution is 6.36. The van der Waals surface area contributed by atoms with E-state index >= 15 is 0 Å². The van der Waals surface area contributed by atoms with E-state index in [1.807, 2.05) is 36.4 Å². The number of rotatable bonds is 2. The maximum Gasteiger partial charge on any atom is 0.141 e. The second-order valence-corrected chi connectivity index (χ2v) is 9.22. The minimum absolute atomic E-state index is 0.377. The molecule has 0 aliphatic heterocycles. The third-order valence-electron chi connectivity index (χ3n) is 7.23. The molecule has 2 heterocycles. The van der Waals surface area contributed by atoms with Crippen molar-refractivity contribution < 1.29 is 0 Å². The van der Waals surface area contributed by atoms with Crippen molar-refractivity contribution in [2.45, 2.75) is 0 Å². The molecule has 0 N–H and O–H groups in total. The van der Waals surface area contributed by atoms with Crippen LogP contribution < -0.4 is 0 Å². The van der Waals surface area contributed by atoms with Gasteiger partial charge in [-0.05, 0) is 89.6 Å². The number of hydrogen-bond acceptors (Lipinski definition) is 4. The van der Waals surface area contributed by atoms with E-state index in [4.69, 9.17) is 0 Å². The zero-order chi connectivity index (χ0) is 25.6. The number of benzene rings is 5. The normalized spacial score (nSPS) is 11.1. The lowest BCUT2D eigenvalue weighted by Crippen LogP contribution is -1.95. The SMILES string of the molecule is N#Cc1cc(-c2c3ccccc3c(-c3ccnc(C#N)c3)c3c4ccccc4c4ccccc4c23)ccn1. The molecule has 0 fully saturated rings. The summed E-state index contributed by atoms with van der Waals surface area (Å²) < 4.78 is 0. The van der Waals surface area contributed by atoms with Gasteiger partial charge in [-0.25, -0.2) is 9.97 Å². The molecule has 0 aliphatic rings. The highest BCUT2D eigenvalue weighted by Crippen LogP contribution is 2.49. The zero-order valence-electron chi connectivity index (χ0n) is 20.2. The fourth-order valence-corrected chi connectivity index (χ4v) is 5.74. The van der Waals surface area contributed by atoms with Crippen LogP contribution in [-0.4, -0.2) is 9.97 Å². The summed E-state index contributed by atoms with van der Waals surface area (Å²) >= 11 is 0. The Morgan fingerprint density at radius 3 is 1.21 bits per heavy atom. The Morgan fingerprint density at radius 1 is 0.447 bits per heavy atom. The van der Waals surface area contributed by atoms with Crippen molar-refractivity contribution in [3.8, 4) is 34.4 Å². The van der Waals surface area contributed by atoms with Gasteiger partial charge < -0.3 is 0 Å². The molecule has 4 heteroatoms. The van der Waals surface area contributed by atoms with Gasteiger partial charge in [0.2, 0.25) is 0 Å². The summed E-state index contributed by atoms with van der Waals surface area (Å²) in [4.78, 5) is 8.48. The highest BCUT2D eigenvalue weighted by Gasteiger charge is 2.21. The first-order valence-electron chi connectivity index (χ1n) is 12.3. The van der Waals surface area contributed by atoms with Gasteiger partial charge in [0.1, 0.15) is 23.5 Å². The summed E-state index contributed by atoms with van der Waals surface area (Å²) in [6.45, 7) is 0. The fourth-order valence-electron chi connectivity index (χ4n) is 5.74. The van der Waals surface area contributed by atoms with Crippen LogP contribution in [0.1, 0.15) is 11.4 Å². The molecule has 5 aromatic carbocycles. The van der Waals surface area contributed by atoms with Crippen molar-refractivity contribution in [3.05, 3.63) is 121 Å². The molecule has 4 nitrogen and oxygen atoms in total. The first-order valence-corrected chi connectivity index (χ1v) is 12.3. The van der Waals surface area contributed by atoms with Crippen LogP contribution in [0.15, 0.2) is 109 Å². The van der Waals surface area contributed by atoms with Gasteiger partial charge in [-0.2, -0.15) is 10.5 Å². The fraction of sp³-hybridized carbons (Fsp3) is 0. The standard InChI is InChI=1S/C34H18N4/c35-19-23-17-21(13-15-37-23)31-29-11-5-6-12-30(29)32(22-14-16-38-24(18-22)20-36)34-28-10-4-2-8-26(28)25-7-1-3-9-27(25)33(31)34/h1-18H. The second-order valence-electron chi connectivity index (χ2n) is 9.22. The quantitative estimate of drug-likeness (QED) is 0.184. The minimum Gasteiger partial charge on any atom is -0.246 e. The predicted molar refractivity (Wildman–Crippen MR) is 152 cm³/mol. The average Bonchev–Trinajstić information content (AvgIpc) is 3.00. The van der Waals surface area contributed by atoms with Gasteiger partial charge in [0.25, 0.3) is 0 Å². The molecule has 0 atom stereocenters. The monoisotopic (exact) mass is 482 g/mol. The molecule has 0 saturated heterocycles. The van der Waals surface area contributed by atoms with Crippen molar-refractivity contribution in [2.75, 3.05) is 0 Å². The van der Waals surface area contributed by atoms with Gasteiger partial charge in [-0.1, -0.05) is 72.8 Å². The summed E-state index contributed by atoms with van der Waals surface area (Å²) in [7, 11) is 0. The van der Waals surface area contributed by atoms with Crippen molar-refractivity contribution in [1.82, 2.24) is 9.97 Å². The van der Waals surface area contributed by atoms with Crippen LogP contribution in [-0.2, 0) is 0 Å². The second kappa shape index (κ2) is 8.52. The molecule has 174 valence electrons. The Balaban J connectivity index is 1.85. The average molecular weight is 483 g/mol. The Labute approximate surface area is 218 Å². The highest BCUT2D eigenvalue weighted by atomic mass is 14.7. The number of pyridine rings is 2. The third kappa shape index (κ3) is 3.15. The molecular weight excluding hydrogens is 464 g/mol. The molecule has 0 unspecified atom stereocenters. The lowest BCUT2D eigenvalue weighted by atomic mass is 9.81. The zero-order valence-corrected chi connectivity index (χ0v) is 20.2. The molecular formula is C34H18N4. The topological polar surface area (TPSA) is 73.4 Å². The van der Waals surface area contributed by atoms with E-state index < -0.39 is 0 Å². The van der Waals surface area contributed by atoms with E-state index in [0.717, 1.165) is 54.6 Å². The summed E-state index contributed by atoms with van der Waals surface area (Å²) in [6, 6.07) is 37.4. The molecule has 38 heavy (non-hydrogen) atoms. The first kappa shape index (κ1) is 21.7. The van der Waals surface area contributed by atoms with Crippen molar-refractivity contribution in [2.24, 2.45) is 0 Å². The predicted octanol–water partition coefficient (Wildman–Crippen LogP) is 8.17. The van der Waals surface area contributed by atoms with Crippen molar-refractivity contribution in [1.29, 1.82) is 10.5 Å². The molecule has 0 spiro atoms. The van der Waals surface area contributed by atoms with Gasteiger partial charge in [0.15, 0.2) is 0 Å². The summed E-state index contributed by atoms with van der Waals surface area (Å²) in [6.07, 6.45) is 3.40. The number of fused-ring (bicyclic) bond motifs is 7. The molecule has 0 saturated carbocycles. The molecule has 0 amide bonds. The van der Waals surface area contributed by atoms with E-state index in [1.165, 1.54) is 10.8 Å². The smallest absolute Gasteiger partial charge is 0.141 e. The van der Waals surface area contributed by atoms with Gasteiger partial charge >= 0.3 is 0 Å². The Hall–Kier alpha value is -5.58. The van der Waals surface area contributed by atoms with Crippen LogP contribution >= 0.6 is 0 Å². The van der Waals surface area contributed by atoms with Crippen LogP contribution in [0.4, 0.5) is 0 Å². The third-order valence-corrected chi connectivity index (χ3v) is 7.23. The van der Waals surface area contributed by atoms with E-state index in [2.05, 4.69) is 82.8 Å². The summed E-state index contributed by atoms with van der Waals surface area (Å²) in [5.74, 6) is 0. The molecule has 7 aromatic rings. The van der Waals surface area contributed by atoms with Crippen LogP contribution in [0.3, 0.4) is 0 Å². The summed E-state index contributed by atoms with van der Waals surface area (Å²) in [5, 5.41) is 28.3. The maximum absolute atomic E-state index is 9.65. The lowest BCUT2D eigenvalue weighted by Gasteiger charge is -2.21. The Bertz CT molecular complexity index is 2010. The molecule has 0 bridgehead atoms.